The summed E-state index contributed by atoms with van der Waals surface area (Å²) < 4.78 is 78.7. The average Bonchev–Trinajstić information content (AvgIpc) is 2.77. The number of carbonyl (C=O) groups is 1. The number of nitrogens with zero attached hydrogens (tertiary/aromatic N) is 1. The van der Waals surface area contributed by atoms with Crippen LogP contribution in [0, 0.1) is 0 Å². The molecule has 1 saturated heterocycles. The van der Waals surface area contributed by atoms with Crippen molar-refractivity contribution in [2.24, 2.45) is 0 Å². The van der Waals surface area contributed by atoms with E-state index in [4.69, 9.17) is 4.74 Å². The lowest BCUT2D eigenvalue weighted by Crippen LogP contribution is -2.31. The van der Waals surface area contributed by atoms with Gasteiger partial charge in [-0.3, -0.25) is 4.72 Å². The van der Waals surface area contributed by atoms with Gasteiger partial charge in [0, 0.05) is 13.1 Å². The summed E-state index contributed by atoms with van der Waals surface area (Å²) in [4.78, 5) is 13.1. The highest BCUT2D eigenvalue weighted by Crippen LogP contribution is 2.37. The van der Waals surface area contributed by atoms with E-state index in [1.54, 1.807) is 4.90 Å². The molecule has 174 valence electrons. The number of esters is 1. The molecule has 1 heterocycles. The van der Waals surface area contributed by atoms with Crippen molar-refractivity contribution >= 4 is 27.4 Å². The minimum absolute atomic E-state index is 0.0475. The molecule has 0 radical (unpaired) electrons. The largest absolute Gasteiger partial charge is 0.495 e. The summed E-state index contributed by atoms with van der Waals surface area (Å²) in [5, 5.41) is 0. The fraction of sp³-hybridized carbons (Fsp3) is 0.381. The molecule has 0 unspecified atom stereocenters. The van der Waals surface area contributed by atoms with Crippen LogP contribution >= 0.6 is 0 Å². The second-order valence-electron chi connectivity index (χ2n) is 7.24. The van der Waals surface area contributed by atoms with Crippen LogP contribution in [0.4, 0.5) is 24.5 Å². The van der Waals surface area contributed by atoms with Gasteiger partial charge in [-0.1, -0.05) is 0 Å². The predicted octanol–water partition coefficient (Wildman–Crippen LogP) is 4.29. The highest BCUT2D eigenvalue weighted by atomic mass is 32.2. The van der Waals surface area contributed by atoms with E-state index < -0.39 is 32.6 Å². The zero-order valence-electron chi connectivity index (χ0n) is 17.5. The van der Waals surface area contributed by atoms with Crippen LogP contribution in [-0.4, -0.2) is 41.7 Å². The summed E-state index contributed by atoms with van der Waals surface area (Å²) in [5.74, 6) is -0.617. The summed E-state index contributed by atoms with van der Waals surface area (Å²) in [5.41, 5.74) is -0.939. The molecule has 0 spiro atoms. The highest BCUT2D eigenvalue weighted by Gasteiger charge is 2.34. The number of rotatable bonds is 6. The first-order valence-electron chi connectivity index (χ1n) is 9.82. The molecule has 0 aromatic heterocycles. The van der Waals surface area contributed by atoms with Crippen molar-refractivity contribution in [3.63, 3.8) is 0 Å². The number of piperidine rings is 1. The molecule has 1 aliphatic heterocycles. The number of halogens is 3. The van der Waals surface area contributed by atoms with E-state index in [9.17, 15) is 26.4 Å². The van der Waals surface area contributed by atoms with Crippen molar-refractivity contribution in [2.45, 2.75) is 30.3 Å². The molecule has 0 saturated carbocycles. The normalized spacial score (nSPS) is 14.7. The first kappa shape index (κ1) is 23.7. The second-order valence-corrected chi connectivity index (χ2v) is 8.89. The lowest BCUT2D eigenvalue weighted by molar-refractivity contribution is -0.137. The number of nitrogens with one attached hydrogen (secondary N) is 1. The van der Waals surface area contributed by atoms with E-state index in [1.165, 1.54) is 38.5 Å². The molecule has 0 amide bonds. The van der Waals surface area contributed by atoms with Crippen LogP contribution in [0.15, 0.2) is 41.3 Å². The maximum absolute atomic E-state index is 13.4. The zero-order chi connectivity index (χ0) is 23.5. The van der Waals surface area contributed by atoms with Gasteiger partial charge in [0.2, 0.25) is 0 Å². The number of sulfonamides is 1. The molecule has 1 fully saturated rings. The molecule has 32 heavy (non-hydrogen) atoms. The maximum atomic E-state index is 13.4. The van der Waals surface area contributed by atoms with E-state index in [0.29, 0.717) is 19.2 Å². The van der Waals surface area contributed by atoms with E-state index in [-0.39, 0.29) is 22.7 Å². The molecule has 11 heteroatoms. The van der Waals surface area contributed by atoms with E-state index in [2.05, 4.69) is 9.46 Å². The molecule has 0 bridgehead atoms. The van der Waals surface area contributed by atoms with Crippen LogP contribution in [0.5, 0.6) is 5.75 Å². The minimum Gasteiger partial charge on any atom is -0.495 e. The lowest BCUT2D eigenvalue weighted by Gasteiger charge is -2.31. The summed E-state index contributed by atoms with van der Waals surface area (Å²) in [6.07, 6.45) is -2.13. The number of anilines is 2. The van der Waals surface area contributed by atoms with Gasteiger partial charge < -0.3 is 14.4 Å². The van der Waals surface area contributed by atoms with Crippen molar-refractivity contribution in [1.82, 2.24) is 0 Å². The van der Waals surface area contributed by atoms with Crippen LogP contribution in [-0.2, 0) is 20.9 Å². The van der Waals surface area contributed by atoms with Crippen LogP contribution in [0.2, 0.25) is 0 Å². The molecule has 3 rings (SSSR count). The van der Waals surface area contributed by atoms with Gasteiger partial charge in [-0.2, -0.15) is 13.2 Å². The third-order valence-electron chi connectivity index (χ3n) is 5.14. The predicted molar refractivity (Wildman–Crippen MR) is 113 cm³/mol. The topological polar surface area (TPSA) is 84.9 Å². The van der Waals surface area contributed by atoms with E-state index >= 15 is 0 Å². The van der Waals surface area contributed by atoms with Crippen LogP contribution < -0.4 is 14.4 Å². The van der Waals surface area contributed by atoms with E-state index in [0.717, 1.165) is 25.3 Å². The number of carbonyl (C=O) groups excluding carboxylic acids is 1. The summed E-state index contributed by atoms with van der Waals surface area (Å²) >= 11 is 0. The quantitative estimate of drug-likeness (QED) is 0.632. The van der Waals surface area contributed by atoms with Crippen molar-refractivity contribution in [1.29, 1.82) is 0 Å². The van der Waals surface area contributed by atoms with Gasteiger partial charge in [-0.25, -0.2) is 13.2 Å². The number of hydrogen-bond acceptors (Lipinski definition) is 6. The van der Waals surface area contributed by atoms with Gasteiger partial charge in [0.05, 0.1) is 36.7 Å². The summed E-state index contributed by atoms with van der Waals surface area (Å²) in [6, 6.07) is 6.64. The van der Waals surface area contributed by atoms with Gasteiger partial charge in [0.25, 0.3) is 10.0 Å². The summed E-state index contributed by atoms with van der Waals surface area (Å²) in [6.45, 7) is 1.07. The van der Waals surface area contributed by atoms with Crippen molar-refractivity contribution in [3.05, 3.63) is 47.5 Å². The number of alkyl halides is 3. The van der Waals surface area contributed by atoms with E-state index in [1.807, 2.05) is 0 Å². The second kappa shape index (κ2) is 9.27. The van der Waals surface area contributed by atoms with Gasteiger partial charge in [0.1, 0.15) is 10.6 Å². The smallest absolute Gasteiger partial charge is 0.416 e. The minimum atomic E-state index is -4.72. The molecule has 2 aromatic rings. The lowest BCUT2D eigenvalue weighted by atomic mass is 10.1. The van der Waals surface area contributed by atoms with Gasteiger partial charge in [-0.05, 0) is 55.7 Å². The first-order chi connectivity index (χ1) is 15.1. The molecular weight excluding hydrogens is 449 g/mol. The number of ether oxygens (including phenoxy) is 2. The monoisotopic (exact) mass is 472 g/mol. The van der Waals surface area contributed by atoms with Crippen molar-refractivity contribution in [3.8, 4) is 5.75 Å². The highest BCUT2D eigenvalue weighted by molar-refractivity contribution is 7.93. The van der Waals surface area contributed by atoms with Crippen LogP contribution in [0.1, 0.15) is 35.2 Å². The molecule has 2 aromatic carbocycles. The Kier molecular flexibility index (Phi) is 6.87. The Morgan fingerprint density at radius 1 is 1.03 bits per heavy atom. The molecule has 0 atom stereocenters. The number of benzene rings is 2. The SMILES string of the molecule is COC(=O)c1ccc(OC)c(NS(=O)(=O)c2cc(C(F)(F)F)ccc2N2CCCCC2)c1. The Labute approximate surface area is 184 Å². The summed E-state index contributed by atoms with van der Waals surface area (Å²) in [7, 11) is -2.01. The standard InChI is InChI=1S/C21H23F3N2O5S/c1-30-18-9-6-14(20(27)31-2)12-16(18)25-32(28,29)19-13-15(21(22,23)24)7-8-17(19)26-10-4-3-5-11-26/h6-9,12-13,25H,3-5,10-11H2,1-2H3. The Morgan fingerprint density at radius 3 is 2.31 bits per heavy atom. The number of hydrogen-bond donors (Lipinski definition) is 1. The van der Waals surface area contributed by atoms with Crippen molar-refractivity contribution < 1.29 is 35.9 Å². The molecule has 0 aliphatic carbocycles. The zero-order valence-corrected chi connectivity index (χ0v) is 18.3. The van der Waals surface area contributed by atoms with Crippen molar-refractivity contribution in [2.75, 3.05) is 36.9 Å². The average molecular weight is 472 g/mol. The third-order valence-corrected chi connectivity index (χ3v) is 6.53. The molecular formula is C21H23F3N2O5S. The fourth-order valence-corrected chi connectivity index (χ4v) is 4.85. The maximum Gasteiger partial charge on any atom is 0.416 e. The van der Waals surface area contributed by atoms with Crippen LogP contribution in [0.25, 0.3) is 0 Å². The molecule has 1 N–H and O–H groups in total. The Morgan fingerprint density at radius 2 is 1.72 bits per heavy atom. The Hall–Kier alpha value is -2.95. The Bertz CT molecular complexity index is 1100. The van der Waals surface area contributed by atoms with Gasteiger partial charge >= 0.3 is 12.1 Å². The van der Waals surface area contributed by atoms with Gasteiger partial charge in [-0.15, -0.1) is 0 Å². The number of methoxy groups -OCH3 is 2. The molecule has 1 aliphatic rings. The van der Waals surface area contributed by atoms with Gasteiger partial charge in [0.15, 0.2) is 0 Å². The molecule has 7 nitrogen and oxygen atoms in total. The van der Waals surface area contributed by atoms with Crippen LogP contribution in [0.3, 0.4) is 0 Å². The fourth-order valence-electron chi connectivity index (χ4n) is 3.53. The first-order valence-corrected chi connectivity index (χ1v) is 11.3. The Balaban J connectivity index is 2.10. The third kappa shape index (κ3) is 5.09.